The molecule has 0 atom stereocenters. The highest BCUT2D eigenvalue weighted by Gasteiger charge is 2.33. The Balaban J connectivity index is 1.27. The third-order valence-corrected chi connectivity index (χ3v) is 10.8. The third kappa shape index (κ3) is 2.54. The Morgan fingerprint density at radius 2 is 0.756 bits per heavy atom. The molecule has 0 N–H and O–H groups in total. The smallest absolute Gasteiger partial charge is 0.0620 e. The second kappa shape index (κ2) is 7.61. The Bertz CT molecular complexity index is 2840. The van der Waals surface area contributed by atoms with Gasteiger partial charge in [0.05, 0.1) is 33.1 Å². The highest BCUT2D eigenvalue weighted by atomic mass is 14.9. The Labute approximate surface area is 257 Å². The van der Waals surface area contributed by atoms with Gasteiger partial charge < -0.3 is 8.80 Å². The maximum atomic E-state index is 2.52. The molecule has 206 valence electrons. The van der Waals surface area contributed by atoms with Gasteiger partial charge in [-0.2, -0.15) is 0 Å². The van der Waals surface area contributed by atoms with Crippen LogP contribution in [0.2, 0.25) is 0 Å². The van der Waals surface area contributed by atoms with Gasteiger partial charge in [0.15, 0.2) is 0 Å². The van der Waals surface area contributed by atoms with Crippen LogP contribution in [0, 0.1) is 0 Å². The van der Waals surface area contributed by atoms with E-state index in [1.807, 2.05) is 0 Å². The fraction of sp³-hybridized carbons (Fsp3) is 0.0233. The van der Waals surface area contributed by atoms with Gasteiger partial charge in [-0.15, -0.1) is 0 Å². The van der Waals surface area contributed by atoms with Crippen molar-refractivity contribution >= 4 is 76.2 Å². The predicted molar refractivity (Wildman–Crippen MR) is 189 cm³/mol. The summed E-state index contributed by atoms with van der Waals surface area (Å²) in [6, 6.07) is 52.5. The Morgan fingerprint density at radius 3 is 1.27 bits per heavy atom. The summed E-state index contributed by atoms with van der Waals surface area (Å²) in [7, 11) is 0. The first-order valence-corrected chi connectivity index (χ1v) is 15.8. The van der Waals surface area contributed by atoms with Crippen molar-refractivity contribution in [2.24, 2.45) is 0 Å². The van der Waals surface area contributed by atoms with Crippen LogP contribution in [0.5, 0.6) is 0 Å². The number of para-hydroxylation sites is 4. The lowest BCUT2D eigenvalue weighted by atomic mass is 9.88. The van der Waals surface area contributed by atoms with Crippen LogP contribution in [0.4, 0.5) is 0 Å². The molecule has 0 radical (unpaired) electrons. The van der Waals surface area contributed by atoms with Crippen molar-refractivity contribution in [1.82, 2.24) is 8.80 Å². The van der Waals surface area contributed by atoms with Gasteiger partial charge in [-0.25, -0.2) is 0 Å². The number of hydrogen-bond acceptors (Lipinski definition) is 0. The standard InChI is InChI=1S/C43H24N2/c1-2-10-24(11-3-1)41-35-20-33-29-16-8-14-27-25-12-4-6-18-37(25)44(42(27)29)39(33)22-31(35)32-23-40-34(21-36(32)41)30-17-9-15-28-26-13-5-7-19-38(26)45(40)43(28)30/h1-23,41H. The largest absolute Gasteiger partial charge is 0.308 e. The van der Waals surface area contributed by atoms with Gasteiger partial charge in [-0.3, -0.25) is 0 Å². The minimum Gasteiger partial charge on any atom is -0.308 e. The van der Waals surface area contributed by atoms with Crippen molar-refractivity contribution in [3.63, 3.8) is 0 Å². The molecule has 0 bridgehead atoms. The van der Waals surface area contributed by atoms with Crippen molar-refractivity contribution in [3.05, 3.63) is 156 Å². The summed E-state index contributed by atoms with van der Waals surface area (Å²) in [4.78, 5) is 0. The summed E-state index contributed by atoms with van der Waals surface area (Å²) in [5.41, 5.74) is 14.7. The first-order valence-electron chi connectivity index (χ1n) is 15.8. The van der Waals surface area contributed by atoms with E-state index in [9.17, 15) is 0 Å². The molecule has 12 rings (SSSR count). The molecule has 45 heavy (non-hydrogen) atoms. The number of nitrogens with zero attached hydrogens (tertiary/aromatic N) is 2. The molecule has 0 saturated carbocycles. The fourth-order valence-electron chi connectivity index (χ4n) is 9.10. The van der Waals surface area contributed by atoms with Gasteiger partial charge in [0, 0.05) is 49.0 Å². The summed E-state index contributed by atoms with van der Waals surface area (Å²) >= 11 is 0. The average Bonchev–Trinajstić information content (AvgIpc) is 3.87. The first kappa shape index (κ1) is 22.6. The van der Waals surface area contributed by atoms with Crippen LogP contribution in [-0.4, -0.2) is 8.80 Å². The monoisotopic (exact) mass is 568 g/mol. The second-order valence-electron chi connectivity index (χ2n) is 12.9. The zero-order chi connectivity index (χ0) is 29.0. The molecule has 0 amide bonds. The van der Waals surface area contributed by atoms with Crippen molar-refractivity contribution in [3.8, 4) is 11.1 Å². The van der Waals surface area contributed by atoms with Gasteiger partial charge >= 0.3 is 0 Å². The van der Waals surface area contributed by atoms with Gasteiger partial charge in [-0.05, 0) is 64.2 Å². The van der Waals surface area contributed by atoms with Gasteiger partial charge in [-0.1, -0.05) is 103 Å². The normalized spacial score (nSPS) is 13.7. The highest BCUT2D eigenvalue weighted by Crippen LogP contribution is 2.53. The van der Waals surface area contributed by atoms with Gasteiger partial charge in [0.2, 0.25) is 0 Å². The molecule has 4 heterocycles. The zero-order valence-electron chi connectivity index (χ0n) is 24.3. The van der Waals surface area contributed by atoms with Crippen molar-refractivity contribution in [2.75, 3.05) is 0 Å². The molecule has 2 heteroatoms. The van der Waals surface area contributed by atoms with Crippen LogP contribution < -0.4 is 0 Å². The van der Waals surface area contributed by atoms with Gasteiger partial charge in [0.25, 0.3) is 0 Å². The Morgan fingerprint density at radius 1 is 0.333 bits per heavy atom. The number of aromatic nitrogens is 2. The van der Waals surface area contributed by atoms with Gasteiger partial charge in [0.1, 0.15) is 0 Å². The third-order valence-electron chi connectivity index (χ3n) is 10.8. The summed E-state index contributed by atoms with van der Waals surface area (Å²) in [5.74, 6) is 0.179. The molecule has 11 aromatic rings. The lowest BCUT2D eigenvalue weighted by Gasteiger charge is -2.15. The lowest BCUT2D eigenvalue weighted by Crippen LogP contribution is -1.99. The molecular weight excluding hydrogens is 544 g/mol. The topological polar surface area (TPSA) is 8.82 Å². The maximum Gasteiger partial charge on any atom is 0.0620 e. The number of rotatable bonds is 1. The van der Waals surface area contributed by atoms with Crippen LogP contribution in [0.3, 0.4) is 0 Å². The molecular formula is C43H24N2. The van der Waals surface area contributed by atoms with Crippen LogP contribution in [0.15, 0.2) is 140 Å². The molecule has 0 spiro atoms. The summed E-state index contributed by atoms with van der Waals surface area (Å²) < 4.78 is 5.02. The number of hydrogen-bond donors (Lipinski definition) is 0. The molecule has 0 unspecified atom stereocenters. The van der Waals surface area contributed by atoms with Crippen LogP contribution in [-0.2, 0) is 0 Å². The van der Waals surface area contributed by atoms with E-state index in [0.29, 0.717) is 0 Å². The van der Waals surface area contributed by atoms with Crippen molar-refractivity contribution in [2.45, 2.75) is 5.92 Å². The first-order chi connectivity index (χ1) is 22.3. The zero-order valence-corrected chi connectivity index (χ0v) is 24.3. The summed E-state index contributed by atoms with van der Waals surface area (Å²) in [6.07, 6.45) is 0. The molecule has 1 aliphatic carbocycles. The molecule has 4 aromatic heterocycles. The molecule has 0 aliphatic heterocycles. The van der Waals surface area contributed by atoms with E-state index in [1.54, 1.807) is 0 Å². The van der Waals surface area contributed by atoms with Crippen LogP contribution in [0.1, 0.15) is 22.6 Å². The van der Waals surface area contributed by atoms with E-state index in [4.69, 9.17) is 0 Å². The van der Waals surface area contributed by atoms with Crippen molar-refractivity contribution < 1.29 is 0 Å². The SMILES string of the molecule is c1ccc(C2c3cc4c5cccc6c7ccccc7n(c4cc3-c3cc4c(cc32)c2cccc3c7ccccc7n4c32)c65)cc1. The second-order valence-corrected chi connectivity index (χ2v) is 12.9. The number of fused-ring (bicyclic) bond motifs is 15. The summed E-state index contributed by atoms with van der Waals surface area (Å²) in [6.45, 7) is 0. The molecule has 2 nitrogen and oxygen atoms in total. The van der Waals surface area contributed by atoms with E-state index in [-0.39, 0.29) is 5.92 Å². The van der Waals surface area contributed by atoms with E-state index in [2.05, 4.69) is 148 Å². The summed E-state index contributed by atoms with van der Waals surface area (Å²) in [5, 5.41) is 10.7. The predicted octanol–water partition coefficient (Wildman–Crippen LogP) is 11.1. The highest BCUT2D eigenvalue weighted by molar-refractivity contribution is 6.25. The van der Waals surface area contributed by atoms with E-state index >= 15 is 0 Å². The Kier molecular flexibility index (Phi) is 3.83. The molecule has 1 aliphatic rings. The Hall–Kier alpha value is -5.86. The van der Waals surface area contributed by atoms with E-state index in [1.165, 1.54) is 104 Å². The molecule has 0 fully saturated rings. The van der Waals surface area contributed by atoms with E-state index in [0.717, 1.165) is 0 Å². The maximum absolute atomic E-state index is 2.52. The lowest BCUT2D eigenvalue weighted by molar-refractivity contribution is 1.02. The van der Waals surface area contributed by atoms with Crippen molar-refractivity contribution in [1.29, 1.82) is 0 Å². The minimum atomic E-state index is 0.179. The number of benzene rings is 7. The van der Waals surface area contributed by atoms with E-state index < -0.39 is 0 Å². The van der Waals surface area contributed by atoms with Crippen LogP contribution >= 0.6 is 0 Å². The quantitative estimate of drug-likeness (QED) is 0.186. The van der Waals surface area contributed by atoms with Crippen LogP contribution in [0.25, 0.3) is 87.3 Å². The fourth-order valence-corrected chi connectivity index (χ4v) is 9.10. The minimum absolute atomic E-state index is 0.179. The molecule has 7 aromatic carbocycles. The molecule has 0 saturated heterocycles. The average molecular weight is 569 g/mol.